The number of hydrogen-bond donors (Lipinski definition) is 2. The zero-order valence-corrected chi connectivity index (χ0v) is 17.3. The van der Waals surface area contributed by atoms with Crippen molar-refractivity contribution in [2.45, 2.75) is 38.8 Å². The van der Waals surface area contributed by atoms with E-state index in [-0.39, 0.29) is 12.5 Å². The molecular formula is C21H24N2O5S. The van der Waals surface area contributed by atoms with Gasteiger partial charge in [0.2, 0.25) is 0 Å². The monoisotopic (exact) mass is 416 g/mol. The smallest absolute Gasteiger partial charge is 0.255 e. The van der Waals surface area contributed by atoms with Gasteiger partial charge >= 0.3 is 0 Å². The van der Waals surface area contributed by atoms with Gasteiger partial charge in [0.15, 0.2) is 0 Å². The van der Waals surface area contributed by atoms with E-state index in [4.69, 9.17) is 13.9 Å². The molecule has 0 saturated carbocycles. The van der Waals surface area contributed by atoms with Gasteiger partial charge in [-0.15, -0.1) is 11.3 Å². The molecule has 0 aliphatic carbocycles. The summed E-state index contributed by atoms with van der Waals surface area (Å²) < 4.78 is 17.0. The first-order valence-corrected chi connectivity index (χ1v) is 10.4. The molecule has 4 rings (SSSR count). The largest absolute Gasteiger partial charge is 0.486 e. The van der Waals surface area contributed by atoms with Crippen LogP contribution in [-0.4, -0.2) is 41.4 Å². The van der Waals surface area contributed by atoms with Gasteiger partial charge in [-0.1, -0.05) is 0 Å². The number of hydrogen-bond acceptors (Lipinski definition) is 7. The van der Waals surface area contributed by atoms with E-state index in [2.05, 4.69) is 10.3 Å². The van der Waals surface area contributed by atoms with Crippen LogP contribution in [0.2, 0.25) is 0 Å². The van der Waals surface area contributed by atoms with Gasteiger partial charge in [-0.3, -0.25) is 4.79 Å². The molecule has 1 amide bonds. The third-order valence-corrected chi connectivity index (χ3v) is 6.11. The second-order valence-corrected chi connectivity index (χ2v) is 8.67. The summed E-state index contributed by atoms with van der Waals surface area (Å²) in [6.07, 6.45) is 2.97. The maximum Gasteiger partial charge on any atom is 0.255 e. The maximum absolute atomic E-state index is 13.1. The van der Waals surface area contributed by atoms with Crippen molar-refractivity contribution in [1.82, 2.24) is 10.3 Å². The SMILES string of the molecule is Cc1cnc(COc2ccc3oc(C)c(C(=O)NC4(CO)CCOCC4)c3c2)s1. The first kappa shape index (κ1) is 19.9. The number of nitrogens with one attached hydrogen (secondary N) is 1. The minimum atomic E-state index is -0.665. The van der Waals surface area contributed by atoms with E-state index in [1.165, 1.54) is 0 Å². The Morgan fingerprint density at radius 2 is 2.14 bits per heavy atom. The number of aliphatic hydroxyl groups excluding tert-OH is 1. The summed E-state index contributed by atoms with van der Waals surface area (Å²) in [5, 5.41) is 14.5. The number of amides is 1. The number of furan rings is 1. The van der Waals surface area contributed by atoms with E-state index in [9.17, 15) is 9.90 Å². The molecule has 0 spiro atoms. The van der Waals surface area contributed by atoms with Crippen LogP contribution in [0.25, 0.3) is 11.0 Å². The number of aromatic nitrogens is 1. The van der Waals surface area contributed by atoms with E-state index in [0.717, 1.165) is 9.88 Å². The molecule has 2 N–H and O–H groups in total. The Balaban J connectivity index is 1.58. The zero-order chi connectivity index (χ0) is 20.4. The molecule has 1 saturated heterocycles. The fourth-order valence-corrected chi connectivity index (χ4v) is 4.27. The van der Waals surface area contributed by atoms with Crippen LogP contribution in [0, 0.1) is 13.8 Å². The van der Waals surface area contributed by atoms with Crippen molar-refractivity contribution in [3.63, 3.8) is 0 Å². The molecule has 3 heterocycles. The van der Waals surface area contributed by atoms with Crippen LogP contribution in [0.4, 0.5) is 0 Å². The van der Waals surface area contributed by atoms with E-state index in [1.807, 2.05) is 25.3 Å². The van der Waals surface area contributed by atoms with Crippen LogP contribution in [0.3, 0.4) is 0 Å². The molecule has 1 aliphatic rings. The van der Waals surface area contributed by atoms with E-state index in [1.54, 1.807) is 24.3 Å². The van der Waals surface area contributed by atoms with Crippen molar-refractivity contribution in [2.75, 3.05) is 19.8 Å². The minimum absolute atomic E-state index is 0.126. The molecule has 0 unspecified atom stereocenters. The lowest BCUT2D eigenvalue weighted by Crippen LogP contribution is -2.54. The summed E-state index contributed by atoms with van der Waals surface area (Å²) in [6, 6.07) is 5.44. The van der Waals surface area contributed by atoms with Crippen LogP contribution in [-0.2, 0) is 11.3 Å². The molecular weight excluding hydrogens is 392 g/mol. The topological polar surface area (TPSA) is 93.8 Å². The predicted octanol–water partition coefficient (Wildman–Crippen LogP) is 3.36. The first-order chi connectivity index (χ1) is 14.0. The Labute approximate surface area is 172 Å². The lowest BCUT2D eigenvalue weighted by atomic mass is 9.90. The summed E-state index contributed by atoms with van der Waals surface area (Å²) in [6.45, 7) is 5.04. The van der Waals surface area contributed by atoms with Crippen molar-refractivity contribution >= 4 is 28.2 Å². The Morgan fingerprint density at radius 1 is 1.34 bits per heavy atom. The highest BCUT2D eigenvalue weighted by Crippen LogP contribution is 2.31. The molecule has 7 nitrogen and oxygen atoms in total. The number of carbonyl (C=O) groups excluding carboxylic acids is 1. The number of fused-ring (bicyclic) bond motifs is 1. The van der Waals surface area contributed by atoms with E-state index >= 15 is 0 Å². The van der Waals surface area contributed by atoms with Crippen molar-refractivity contribution < 1.29 is 23.8 Å². The number of ether oxygens (including phenoxy) is 2. The number of rotatable bonds is 6. The highest BCUT2D eigenvalue weighted by Gasteiger charge is 2.35. The van der Waals surface area contributed by atoms with Crippen LogP contribution < -0.4 is 10.1 Å². The van der Waals surface area contributed by atoms with Crippen molar-refractivity contribution in [1.29, 1.82) is 0 Å². The predicted molar refractivity (Wildman–Crippen MR) is 109 cm³/mol. The molecule has 3 aromatic rings. The van der Waals surface area contributed by atoms with E-state index in [0.29, 0.717) is 60.7 Å². The van der Waals surface area contributed by atoms with Gasteiger partial charge < -0.3 is 24.3 Å². The molecule has 0 atom stereocenters. The van der Waals surface area contributed by atoms with Gasteiger partial charge in [0.05, 0.1) is 17.7 Å². The van der Waals surface area contributed by atoms with Gasteiger partial charge in [-0.2, -0.15) is 0 Å². The molecule has 0 bridgehead atoms. The Kier molecular flexibility index (Phi) is 5.58. The van der Waals surface area contributed by atoms with E-state index < -0.39 is 5.54 Å². The van der Waals surface area contributed by atoms with Gasteiger partial charge in [0.1, 0.15) is 28.7 Å². The summed E-state index contributed by atoms with van der Waals surface area (Å²) >= 11 is 1.59. The highest BCUT2D eigenvalue weighted by atomic mass is 32.1. The van der Waals surface area contributed by atoms with Crippen LogP contribution >= 0.6 is 11.3 Å². The fourth-order valence-electron chi connectivity index (χ4n) is 3.57. The molecule has 8 heteroatoms. The molecule has 2 aromatic heterocycles. The van der Waals surface area contributed by atoms with Crippen molar-refractivity contribution in [3.05, 3.63) is 45.6 Å². The Morgan fingerprint density at radius 3 is 2.83 bits per heavy atom. The lowest BCUT2D eigenvalue weighted by molar-refractivity contribution is 0.0125. The standard InChI is InChI=1S/C21H24N2O5S/c1-13-10-22-18(29-13)11-27-15-3-4-17-16(9-15)19(14(2)28-17)20(25)23-21(12-24)5-7-26-8-6-21/h3-4,9-10,24H,5-8,11-12H2,1-2H3,(H,23,25). The average Bonchev–Trinajstić information content (AvgIpc) is 3.28. The molecule has 1 aliphatic heterocycles. The average molecular weight is 416 g/mol. The van der Waals surface area contributed by atoms with Crippen LogP contribution in [0.15, 0.2) is 28.8 Å². The highest BCUT2D eigenvalue weighted by molar-refractivity contribution is 7.11. The molecule has 154 valence electrons. The second kappa shape index (κ2) is 8.14. The quantitative estimate of drug-likeness (QED) is 0.640. The summed E-state index contributed by atoms with van der Waals surface area (Å²) in [7, 11) is 0. The van der Waals surface area contributed by atoms with Gasteiger partial charge in [0.25, 0.3) is 5.91 Å². The summed E-state index contributed by atoms with van der Waals surface area (Å²) in [5.41, 5.74) is 0.423. The van der Waals surface area contributed by atoms with Crippen LogP contribution in [0.1, 0.15) is 38.8 Å². The molecule has 29 heavy (non-hydrogen) atoms. The Bertz CT molecular complexity index is 1020. The van der Waals surface area contributed by atoms with Crippen molar-refractivity contribution in [3.8, 4) is 5.75 Å². The number of aliphatic hydroxyl groups is 1. The zero-order valence-electron chi connectivity index (χ0n) is 16.5. The fraction of sp³-hybridized carbons (Fsp3) is 0.429. The second-order valence-electron chi connectivity index (χ2n) is 7.35. The van der Waals surface area contributed by atoms with Crippen LogP contribution in [0.5, 0.6) is 5.75 Å². The lowest BCUT2D eigenvalue weighted by Gasteiger charge is -2.36. The third-order valence-electron chi connectivity index (χ3n) is 5.23. The van der Waals surface area contributed by atoms with Gasteiger partial charge in [0, 0.05) is 29.7 Å². The summed E-state index contributed by atoms with van der Waals surface area (Å²) in [5.74, 6) is 0.915. The number of benzene rings is 1. The molecule has 1 aromatic carbocycles. The summed E-state index contributed by atoms with van der Waals surface area (Å²) in [4.78, 5) is 18.5. The van der Waals surface area contributed by atoms with Gasteiger partial charge in [-0.05, 0) is 44.9 Å². The first-order valence-electron chi connectivity index (χ1n) is 9.58. The number of thiazole rings is 1. The minimum Gasteiger partial charge on any atom is -0.486 e. The maximum atomic E-state index is 13.1. The number of nitrogens with zero attached hydrogens (tertiary/aromatic N) is 1. The third kappa shape index (κ3) is 4.14. The normalized spacial score (nSPS) is 16.1. The number of aryl methyl sites for hydroxylation is 2. The molecule has 1 fully saturated rings. The number of carbonyl (C=O) groups is 1. The van der Waals surface area contributed by atoms with Gasteiger partial charge in [-0.25, -0.2) is 4.98 Å². The Hall–Kier alpha value is -2.42. The molecule has 0 radical (unpaired) electrons. The van der Waals surface area contributed by atoms with Crippen molar-refractivity contribution in [2.24, 2.45) is 0 Å².